The number of imidazole rings is 1. The van der Waals surface area contributed by atoms with Gasteiger partial charge in [0.2, 0.25) is 0 Å². The second-order valence-electron chi connectivity index (χ2n) is 8.43. The first-order valence-electron chi connectivity index (χ1n) is 11.2. The number of nitrogens with one attached hydrogen (secondary N) is 1. The lowest BCUT2D eigenvalue weighted by Crippen LogP contribution is -2.25. The number of aromatic nitrogens is 6. The number of nitrogens with zero attached hydrogens (tertiary/aromatic N) is 6. The Hall–Kier alpha value is -3.91. The molecular formula is C23H21F4N7O3. The van der Waals surface area contributed by atoms with Crippen LogP contribution in [0.4, 0.5) is 17.6 Å². The number of benzene rings is 1. The first-order chi connectivity index (χ1) is 17.7. The molecule has 1 aliphatic heterocycles. The third-order valence-corrected chi connectivity index (χ3v) is 5.74. The van der Waals surface area contributed by atoms with Crippen molar-refractivity contribution in [2.24, 2.45) is 7.05 Å². The van der Waals surface area contributed by atoms with Crippen LogP contribution in [0.5, 0.6) is 0 Å². The predicted octanol–water partition coefficient (Wildman–Crippen LogP) is 2.95. The van der Waals surface area contributed by atoms with E-state index in [0.29, 0.717) is 53.5 Å². The summed E-state index contributed by atoms with van der Waals surface area (Å²) in [6.45, 7) is -0.0787. The minimum absolute atomic E-state index is 0.0595. The van der Waals surface area contributed by atoms with Crippen molar-refractivity contribution < 1.29 is 31.8 Å². The van der Waals surface area contributed by atoms with E-state index in [1.807, 2.05) is 0 Å². The lowest BCUT2D eigenvalue weighted by molar-refractivity contribution is -0.142. The standard InChI is InChI=1S/C23H21F4N7O3/c1-33-19-18(29-12-30-20(19)32-21(33)17-10-36-2-3-37-17)22(35)28-7-13-4-14(6-16(24)5-13)15-8-31-34(9-15)11-23(25,26)27/h4-6,8-9,12,17H,2-3,7,10-11H2,1H3,(H,28,35). The zero-order chi connectivity index (χ0) is 26.2. The maximum Gasteiger partial charge on any atom is 0.408 e. The number of aryl methyl sites for hydroxylation is 1. The summed E-state index contributed by atoms with van der Waals surface area (Å²) in [7, 11) is 1.72. The highest BCUT2D eigenvalue weighted by atomic mass is 19.4. The van der Waals surface area contributed by atoms with Gasteiger partial charge in [0.15, 0.2) is 11.3 Å². The summed E-state index contributed by atoms with van der Waals surface area (Å²) in [6, 6.07) is 3.97. The molecule has 1 saturated heterocycles. The van der Waals surface area contributed by atoms with E-state index >= 15 is 0 Å². The molecule has 1 amide bonds. The predicted molar refractivity (Wildman–Crippen MR) is 121 cm³/mol. The first-order valence-corrected chi connectivity index (χ1v) is 11.2. The summed E-state index contributed by atoms with van der Waals surface area (Å²) in [5, 5.41) is 6.39. The molecule has 0 radical (unpaired) electrons. The quantitative estimate of drug-likeness (QED) is 0.390. The maximum atomic E-state index is 14.3. The van der Waals surface area contributed by atoms with Crippen molar-refractivity contribution >= 4 is 17.1 Å². The number of carbonyl (C=O) groups excluding carboxylic acids is 1. The van der Waals surface area contributed by atoms with Crippen LogP contribution < -0.4 is 5.32 Å². The normalized spacial score (nSPS) is 16.3. The second-order valence-corrected chi connectivity index (χ2v) is 8.43. The molecule has 0 saturated carbocycles. The monoisotopic (exact) mass is 519 g/mol. The van der Waals surface area contributed by atoms with Gasteiger partial charge in [-0.2, -0.15) is 18.3 Å². The number of halogens is 4. The maximum absolute atomic E-state index is 14.3. The van der Waals surface area contributed by atoms with Gasteiger partial charge in [-0.1, -0.05) is 0 Å². The van der Waals surface area contributed by atoms with Crippen LogP contribution in [-0.2, 0) is 29.6 Å². The highest BCUT2D eigenvalue weighted by Gasteiger charge is 2.29. The van der Waals surface area contributed by atoms with Gasteiger partial charge in [0.25, 0.3) is 5.91 Å². The molecule has 0 aliphatic carbocycles. The van der Waals surface area contributed by atoms with Gasteiger partial charge in [-0.3, -0.25) is 9.48 Å². The van der Waals surface area contributed by atoms with E-state index in [-0.39, 0.29) is 12.2 Å². The Bertz CT molecular complexity index is 1440. The number of hydrogen-bond donors (Lipinski definition) is 1. The molecule has 194 valence electrons. The first kappa shape index (κ1) is 24.8. The fourth-order valence-electron chi connectivity index (χ4n) is 4.12. The minimum Gasteiger partial charge on any atom is -0.376 e. The van der Waals surface area contributed by atoms with Crippen molar-refractivity contribution in [1.82, 2.24) is 34.6 Å². The van der Waals surface area contributed by atoms with Crippen LogP contribution in [0.3, 0.4) is 0 Å². The molecule has 1 N–H and O–H groups in total. The van der Waals surface area contributed by atoms with Crippen LogP contribution in [0.15, 0.2) is 36.9 Å². The largest absolute Gasteiger partial charge is 0.408 e. The van der Waals surface area contributed by atoms with Crippen LogP contribution in [0, 0.1) is 5.82 Å². The number of carbonyl (C=O) groups is 1. The summed E-state index contributed by atoms with van der Waals surface area (Å²) >= 11 is 0. The van der Waals surface area contributed by atoms with Crippen LogP contribution >= 0.6 is 0 Å². The number of hydrogen-bond acceptors (Lipinski definition) is 7. The van der Waals surface area contributed by atoms with Gasteiger partial charge in [0.05, 0.1) is 26.0 Å². The molecule has 1 unspecified atom stereocenters. The molecule has 3 aromatic heterocycles. The van der Waals surface area contributed by atoms with E-state index < -0.39 is 30.5 Å². The van der Waals surface area contributed by atoms with Gasteiger partial charge in [0, 0.05) is 25.4 Å². The lowest BCUT2D eigenvalue weighted by atomic mass is 10.1. The Morgan fingerprint density at radius 3 is 2.78 bits per heavy atom. The number of ether oxygens (including phenoxy) is 2. The summed E-state index contributed by atoms with van der Waals surface area (Å²) in [6.07, 6.45) is -1.20. The van der Waals surface area contributed by atoms with Crippen molar-refractivity contribution in [3.63, 3.8) is 0 Å². The van der Waals surface area contributed by atoms with Gasteiger partial charge in [-0.15, -0.1) is 0 Å². The third kappa shape index (κ3) is 5.44. The summed E-state index contributed by atoms with van der Waals surface area (Å²) in [5.74, 6) is -0.600. The summed E-state index contributed by atoms with van der Waals surface area (Å²) in [5.41, 5.74) is 1.83. The van der Waals surface area contributed by atoms with Gasteiger partial charge in [-0.05, 0) is 29.3 Å². The second kappa shape index (κ2) is 9.86. The zero-order valence-electron chi connectivity index (χ0n) is 19.5. The molecule has 0 spiro atoms. The van der Waals surface area contributed by atoms with Gasteiger partial charge in [0.1, 0.15) is 36.1 Å². The number of amides is 1. The third-order valence-electron chi connectivity index (χ3n) is 5.74. The molecule has 14 heteroatoms. The molecule has 1 aliphatic rings. The number of fused-ring (bicyclic) bond motifs is 1. The van der Waals surface area contributed by atoms with Crippen LogP contribution in [0.2, 0.25) is 0 Å². The molecule has 1 fully saturated rings. The highest BCUT2D eigenvalue weighted by Crippen LogP contribution is 2.26. The molecule has 10 nitrogen and oxygen atoms in total. The molecule has 4 aromatic rings. The van der Waals surface area contributed by atoms with Crippen LogP contribution in [0.25, 0.3) is 22.3 Å². The number of rotatable bonds is 6. The molecule has 37 heavy (non-hydrogen) atoms. The smallest absolute Gasteiger partial charge is 0.376 e. The zero-order valence-corrected chi connectivity index (χ0v) is 19.5. The van der Waals surface area contributed by atoms with Crippen LogP contribution in [0.1, 0.15) is 28.0 Å². The van der Waals surface area contributed by atoms with E-state index in [2.05, 4.69) is 25.4 Å². The van der Waals surface area contributed by atoms with E-state index in [1.165, 1.54) is 30.9 Å². The van der Waals surface area contributed by atoms with Crippen molar-refractivity contribution in [3.05, 3.63) is 59.8 Å². The Balaban J connectivity index is 1.35. The average molecular weight is 519 g/mol. The van der Waals surface area contributed by atoms with E-state index in [1.54, 1.807) is 17.7 Å². The van der Waals surface area contributed by atoms with Gasteiger partial charge in [-0.25, -0.2) is 19.3 Å². The molecule has 5 rings (SSSR count). The van der Waals surface area contributed by atoms with Gasteiger partial charge >= 0.3 is 6.18 Å². The molecular weight excluding hydrogens is 498 g/mol. The fourth-order valence-corrected chi connectivity index (χ4v) is 4.12. The van der Waals surface area contributed by atoms with E-state index in [4.69, 9.17) is 9.47 Å². The topological polar surface area (TPSA) is 109 Å². The van der Waals surface area contributed by atoms with Crippen LogP contribution in [-0.4, -0.2) is 61.2 Å². The SMILES string of the molecule is Cn1c(C2COCCO2)nc2ncnc(C(=O)NCc3cc(F)cc(-c4cnn(CC(F)(F)F)c4)c3)c21. The van der Waals surface area contributed by atoms with E-state index in [0.717, 1.165) is 4.68 Å². The molecule has 1 atom stereocenters. The van der Waals surface area contributed by atoms with Crippen molar-refractivity contribution in [1.29, 1.82) is 0 Å². The Morgan fingerprint density at radius 1 is 1.19 bits per heavy atom. The highest BCUT2D eigenvalue weighted by molar-refractivity contribution is 6.02. The van der Waals surface area contributed by atoms with Crippen molar-refractivity contribution in [3.8, 4) is 11.1 Å². The van der Waals surface area contributed by atoms with Crippen molar-refractivity contribution in [2.75, 3.05) is 19.8 Å². The van der Waals surface area contributed by atoms with Crippen molar-refractivity contribution in [2.45, 2.75) is 25.4 Å². The molecule has 0 bridgehead atoms. The Kier molecular flexibility index (Phi) is 6.60. The summed E-state index contributed by atoms with van der Waals surface area (Å²) in [4.78, 5) is 25.8. The van der Waals surface area contributed by atoms with Gasteiger partial charge < -0.3 is 19.4 Å². The Morgan fingerprint density at radius 2 is 2.03 bits per heavy atom. The average Bonchev–Trinajstić information content (AvgIpc) is 3.46. The number of alkyl halides is 3. The fraction of sp³-hybridized carbons (Fsp3) is 0.348. The molecule has 4 heterocycles. The summed E-state index contributed by atoms with van der Waals surface area (Å²) < 4.78 is 65.8. The van der Waals surface area contributed by atoms with E-state index in [9.17, 15) is 22.4 Å². The Labute approximate surface area is 207 Å². The minimum atomic E-state index is -4.43. The molecule has 1 aromatic carbocycles. The lowest BCUT2D eigenvalue weighted by Gasteiger charge is -2.22.